The Kier molecular flexibility index (Phi) is 6.71. The van der Waals surface area contributed by atoms with Crippen LogP contribution in [-0.4, -0.2) is 45.7 Å². The molecule has 0 unspecified atom stereocenters. The second-order valence-corrected chi connectivity index (χ2v) is 8.23. The minimum atomic E-state index is -0.732. The van der Waals surface area contributed by atoms with E-state index >= 15 is 0 Å². The van der Waals surface area contributed by atoms with Crippen molar-refractivity contribution in [1.29, 1.82) is 0 Å². The van der Waals surface area contributed by atoms with Gasteiger partial charge in [0.15, 0.2) is 0 Å². The number of hydrogen-bond donors (Lipinski definition) is 1. The molecular formula is C24H26F2N4O3. The number of benzene rings is 2. The van der Waals surface area contributed by atoms with Gasteiger partial charge in [0, 0.05) is 42.2 Å². The maximum Gasteiger partial charge on any atom is 0.254 e. The van der Waals surface area contributed by atoms with E-state index in [4.69, 9.17) is 15.5 Å². The van der Waals surface area contributed by atoms with Gasteiger partial charge in [-0.05, 0) is 50.5 Å². The van der Waals surface area contributed by atoms with E-state index in [1.54, 1.807) is 17.3 Å². The lowest BCUT2D eigenvalue weighted by atomic mass is 9.97. The van der Waals surface area contributed by atoms with Crippen molar-refractivity contribution in [3.05, 3.63) is 77.4 Å². The summed E-state index contributed by atoms with van der Waals surface area (Å²) in [5.41, 5.74) is 3.27. The number of aromatic nitrogens is 2. The number of carbonyl (C=O) groups excluding carboxylic acids is 1. The third-order valence-corrected chi connectivity index (χ3v) is 5.80. The third kappa shape index (κ3) is 5.04. The largest absolute Gasteiger partial charge is 0.488 e. The number of amides is 1. The highest BCUT2D eigenvalue weighted by molar-refractivity contribution is 5.95. The van der Waals surface area contributed by atoms with E-state index in [9.17, 15) is 13.6 Å². The van der Waals surface area contributed by atoms with Crippen LogP contribution in [0.25, 0.3) is 5.69 Å². The van der Waals surface area contributed by atoms with Gasteiger partial charge in [0.05, 0.1) is 24.7 Å². The number of aryl methyl sites for hydroxylation is 2. The lowest BCUT2D eigenvalue weighted by molar-refractivity contribution is -0.0180. The number of piperidine rings is 1. The summed E-state index contributed by atoms with van der Waals surface area (Å²) in [7, 11) is 0. The number of halogens is 2. The number of hydrogen-bond acceptors (Lipinski definition) is 5. The highest BCUT2D eigenvalue weighted by atomic mass is 19.1. The van der Waals surface area contributed by atoms with Crippen molar-refractivity contribution in [3.8, 4) is 11.4 Å². The molecule has 1 aliphatic rings. The quantitative estimate of drug-likeness (QED) is 0.572. The van der Waals surface area contributed by atoms with Crippen molar-refractivity contribution >= 4 is 5.91 Å². The lowest BCUT2D eigenvalue weighted by Gasteiger charge is -2.40. The van der Waals surface area contributed by atoms with Crippen molar-refractivity contribution in [2.75, 3.05) is 13.2 Å². The molecule has 1 fully saturated rings. The van der Waals surface area contributed by atoms with Gasteiger partial charge in [-0.1, -0.05) is 0 Å². The Balaban J connectivity index is 1.57. The summed E-state index contributed by atoms with van der Waals surface area (Å²) in [5.74, 6) is 3.76. The standard InChI is InChI=1S/C24H26F2N4O3/c1-15-8-17(5-6-21(15)29-12-16(2)28-14-29)24(31)30-7-3-4-23(22(30)13-32-27)33-20-10-18(25)9-19(26)11-20/h5-6,8-12,14,22-23H,3-4,7,13,27H2,1-2H3/t22-,23-/m0/s1. The Hall–Kier alpha value is -3.30. The molecule has 174 valence electrons. The Bertz CT molecular complexity index is 1130. The third-order valence-electron chi connectivity index (χ3n) is 5.80. The summed E-state index contributed by atoms with van der Waals surface area (Å²) in [5, 5.41) is 0. The molecule has 2 atom stereocenters. The van der Waals surface area contributed by atoms with Gasteiger partial charge in [0.1, 0.15) is 23.5 Å². The van der Waals surface area contributed by atoms with Crippen LogP contribution in [0.5, 0.6) is 5.75 Å². The summed E-state index contributed by atoms with van der Waals surface area (Å²) < 4.78 is 35.0. The molecular weight excluding hydrogens is 430 g/mol. The summed E-state index contributed by atoms with van der Waals surface area (Å²) >= 11 is 0. The normalized spacial score (nSPS) is 18.4. The maximum absolute atomic E-state index is 13.6. The van der Waals surface area contributed by atoms with Crippen LogP contribution < -0.4 is 10.6 Å². The minimum absolute atomic E-state index is 0.0274. The molecule has 7 nitrogen and oxygen atoms in total. The zero-order chi connectivity index (χ0) is 23.5. The zero-order valence-corrected chi connectivity index (χ0v) is 18.5. The summed E-state index contributed by atoms with van der Waals surface area (Å²) in [4.78, 5) is 24.2. The van der Waals surface area contributed by atoms with Crippen LogP contribution in [0.1, 0.15) is 34.5 Å². The molecule has 1 aromatic heterocycles. The highest BCUT2D eigenvalue weighted by Gasteiger charge is 2.36. The van der Waals surface area contributed by atoms with Crippen molar-refractivity contribution < 1.29 is 23.1 Å². The van der Waals surface area contributed by atoms with Gasteiger partial charge in [0.25, 0.3) is 5.91 Å². The average Bonchev–Trinajstić information content (AvgIpc) is 3.19. The van der Waals surface area contributed by atoms with Crippen LogP contribution in [0.15, 0.2) is 48.9 Å². The smallest absolute Gasteiger partial charge is 0.254 e. The maximum atomic E-state index is 13.6. The molecule has 0 radical (unpaired) electrons. The lowest BCUT2D eigenvalue weighted by Crippen LogP contribution is -2.55. The molecule has 3 aromatic rings. The van der Waals surface area contributed by atoms with Crippen molar-refractivity contribution in [3.63, 3.8) is 0 Å². The van der Waals surface area contributed by atoms with Crippen molar-refractivity contribution in [2.24, 2.45) is 5.90 Å². The second kappa shape index (κ2) is 9.68. The van der Waals surface area contributed by atoms with Crippen LogP contribution in [0, 0.1) is 25.5 Å². The number of nitrogens with zero attached hydrogens (tertiary/aromatic N) is 3. The monoisotopic (exact) mass is 456 g/mol. The van der Waals surface area contributed by atoms with Crippen LogP contribution in [-0.2, 0) is 4.84 Å². The van der Waals surface area contributed by atoms with E-state index < -0.39 is 23.8 Å². The van der Waals surface area contributed by atoms with Crippen molar-refractivity contribution in [1.82, 2.24) is 14.5 Å². The zero-order valence-electron chi connectivity index (χ0n) is 18.5. The van der Waals surface area contributed by atoms with E-state index in [1.807, 2.05) is 36.7 Å². The molecule has 1 amide bonds. The van der Waals surface area contributed by atoms with Gasteiger partial charge >= 0.3 is 0 Å². The first-order valence-corrected chi connectivity index (χ1v) is 10.7. The molecule has 9 heteroatoms. The molecule has 1 saturated heterocycles. The molecule has 1 aliphatic heterocycles. The molecule has 4 rings (SSSR count). The van der Waals surface area contributed by atoms with Crippen molar-refractivity contribution in [2.45, 2.75) is 38.8 Å². The molecule has 0 aliphatic carbocycles. The first-order valence-electron chi connectivity index (χ1n) is 10.7. The predicted octanol–water partition coefficient (Wildman–Crippen LogP) is 3.71. The Labute approximate surface area is 190 Å². The number of likely N-dealkylation sites (tertiary alicyclic amines) is 1. The Morgan fingerprint density at radius 1 is 1.18 bits per heavy atom. The fourth-order valence-corrected chi connectivity index (χ4v) is 4.28. The number of imidazole rings is 1. The predicted molar refractivity (Wildman–Crippen MR) is 118 cm³/mol. The number of carbonyl (C=O) groups is 1. The number of nitrogens with two attached hydrogens (primary N) is 1. The average molecular weight is 456 g/mol. The molecule has 0 bridgehead atoms. The first-order chi connectivity index (χ1) is 15.9. The van der Waals surface area contributed by atoms with E-state index in [0.29, 0.717) is 24.9 Å². The summed E-state index contributed by atoms with van der Waals surface area (Å²) in [6, 6.07) is 7.98. The summed E-state index contributed by atoms with van der Waals surface area (Å²) in [6.45, 7) is 4.37. The molecule has 2 aromatic carbocycles. The van der Waals surface area contributed by atoms with Crippen LogP contribution in [0.3, 0.4) is 0 Å². The molecule has 2 N–H and O–H groups in total. The van der Waals surface area contributed by atoms with Crippen LogP contribution >= 0.6 is 0 Å². The Morgan fingerprint density at radius 2 is 1.94 bits per heavy atom. The second-order valence-electron chi connectivity index (χ2n) is 8.23. The molecule has 0 saturated carbocycles. The summed E-state index contributed by atoms with van der Waals surface area (Å²) in [6.07, 6.45) is 4.38. The number of ether oxygens (including phenoxy) is 1. The topological polar surface area (TPSA) is 82.6 Å². The van der Waals surface area contributed by atoms with Gasteiger partial charge in [-0.2, -0.15) is 0 Å². The fourth-order valence-electron chi connectivity index (χ4n) is 4.28. The number of rotatable bonds is 6. The van der Waals surface area contributed by atoms with E-state index in [0.717, 1.165) is 35.1 Å². The Morgan fingerprint density at radius 3 is 2.58 bits per heavy atom. The molecule has 33 heavy (non-hydrogen) atoms. The van der Waals surface area contributed by atoms with Crippen LogP contribution in [0.4, 0.5) is 8.78 Å². The van der Waals surface area contributed by atoms with Gasteiger partial charge in [0.2, 0.25) is 0 Å². The SMILES string of the molecule is Cc1cn(-c2ccc(C(=O)N3CCC[C@H](Oc4cc(F)cc(F)c4)[C@@H]3CON)cc2C)cn1. The fraction of sp³-hybridized carbons (Fsp3) is 0.333. The highest BCUT2D eigenvalue weighted by Crippen LogP contribution is 2.27. The minimum Gasteiger partial charge on any atom is -0.488 e. The van der Waals surface area contributed by atoms with Crippen LogP contribution in [0.2, 0.25) is 0 Å². The van der Waals surface area contributed by atoms with Gasteiger partial charge < -0.3 is 19.0 Å². The van der Waals surface area contributed by atoms with Gasteiger partial charge in [-0.25, -0.2) is 19.7 Å². The van der Waals surface area contributed by atoms with E-state index in [1.165, 1.54) is 0 Å². The molecule has 0 spiro atoms. The first kappa shape index (κ1) is 22.9. The van der Waals surface area contributed by atoms with E-state index in [-0.39, 0.29) is 18.3 Å². The molecule has 2 heterocycles. The van der Waals surface area contributed by atoms with Gasteiger partial charge in [-0.3, -0.25) is 4.79 Å². The van der Waals surface area contributed by atoms with E-state index in [2.05, 4.69) is 4.98 Å². The van der Waals surface area contributed by atoms with Gasteiger partial charge in [-0.15, -0.1) is 0 Å².